The van der Waals surface area contributed by atoms with Crippen LogP contribution in [0.3, 0.4) is 0 Å². The van der Waals surface area contributed by atoms with E-state index in [4.69, 9.17) is 4.74 Å². The van der Waals surface area contributed by atoms with Gasteiger partial charge < -0.3 is 10.1 Å². The van der Waals surface area contributed by atoms with Crippen molar-refractivity contribution in [3.8, 4) is 0 Å². The Morgan fingerprint density at radius 3 is 2.74 bits per heavy atom. The van der Waals surface area contributed by atoms with E-state index in [1.54, 1.807) is 0 Å². The Morgan fingerprint density at radius 1 is 1.32 bits per heavy atom. The van der Waals surface area contributed by atoms with E-state index < -0.39 is 0 Å². The van der Waals surface area contributed by atoms with Crippen LogP contribution < -0.4 is 5.32 Å². The molecule has 0 radical (unpaired) electrons. The molecule has 1 aliphatic carbocycles. The smallest absolute Gasteiger partial charge is 0.338 e. The first-order valence-electron chi connectivity index (χ1n) is 7.14. The average Bonchev–Trinajstić information content (AvgIpc) is 2.46. The largest absolute Gasteiger partial charge is 0.465 e. The van der Waals surface area contributed by atoms with Crippen molar-refractivity contribution in [1.29, 1.82) is 0 Å². The lowest BCUT2D eigenvalue weighted by atomic mass is 9.89. The molecule has 1 aromatic rings. The molecule has 0 unspecified atom stereocenters. The van der Waals surface area contributed by atoms with Crippen LogP contribution in [0.4, 0.5) is 5.69 Å². The average molecular weight is 261 g/mol. The number of hydrogen-bond donors (Lipinski definition) is 1. The highest BCUT2D eigenvalue weighted by Crippen LogP contribution is 2.25. The normalized spacial score (nSPS) is 16.1. The Hall–Kier alpha value is -1.51. The summed E-state index contributed by atoms with van der Waals surface area (Å²) in [4.78, 5) is 11.6. The maximum atomic E-state index is 11.6. The molecule has 0 heterocycles. The molecule has 0 aromatic heterocycles. The third kappa shape index (κ3) is 3.49. The highest BCUT2D eigenvalue weighted by Gasteiger charge is 2.15. The van der Waals surface area contributed by atoms with Gasteiger partial charge in [0.2, 0.25) is 0 Å². The van der Waals surface area contributed by atoms with E-state index in [0.717, 1.165) is 23.7 Å². The molecule has 1 N–H and O–H groups in total. The highest BCUT2D eigenvalue weighted by atomic mass is 16.5. The van der Waals surface area contributed by atoms with Gasteiger partial charge in [0.05, 0.1) is 12.7 Å². The van der Waals surface area contributed by atoms with Gasteiger partial charge in [-0.15, -0.1) is 0 Å². The summed E-state index contributed by atoms with van der Waals surface area (Å²) in [6, 6.07) is 5.75. The van der Waals surface area contributed by atoms with Crippen molar-refractivity contribution in [3.63, 3.8) is 0 Å². The fraction of sp³-hybridized carbons (Fsp3) is 0.562. The minimum absolute atomic E-state index is 0.265. The molecule has 1 aromatic carbocycles. The number of benzene rings is 1. The van der Waals surface area contributed by atoms with Crippen LogP contribution in [0, 0.1) is 12.8 Å². The predicted octanol–water partition coefficient (Wildman–Crippen LogP) is 3.77. The minimum atomic E-state index is -0.265. The molecular weight excluding hydrogens is 238 g/mol. The Kier molecular flexibility index (Phi) is 4.83. The first-order valence-corrected chi connectivity index (χ1v) is 7.14. The van der Waals surface area contributed by atoms with Gasteiger partial charge in [-0.3, -0.25) is 0 Å². The van der Waals surface area contributed by atoms with E-state index in [0.29, 0.717) is 5.56 Å². The lowest BCUT2D eigenvalue weighted by molar-refractivity contribution is 0.0600. The molecule has 0 saturated heterocycles. The van der Waals surface area contributed by atoms with Gasteiger partial charge in [0.1, 0.15) is 0 Å². The molecule has 3 heteroatoms. The van der Waals surface area contributed by atoms with Crippen LogP contribution in [-0.2, 0) is 4.74 Å². The Morgan fingerprint density at radius 2 is 2.05 bits per heavy atom. The van der Waals surface area contributed by atoms with Crippen molar-refractivity contribution in [2.75, 3.05) is 19.0 Å². The Balaban J connectivity index is 2.01. The molecule has 1 fully saturated rings. The second-order valence-electron chi connectivity index (χ2n) is 5.35. The van der Waals surface area contributed by atoms with Crippen molar-refractivity contribution in [2.45, 2.75) is 39.0 Å². The van der Waals surface area contributed by atoms with Gasteiger partial charge in [0, 0.05) is 12.2 Å². The first-order chi connectivity index (χ1) is 9.22. The molecule has 1 saturated carbocycles. The molecule has 2 rings (SSSR count). The lowest BCUT2D eigenvalue weighted by Gasteiger charge is -2.23. The van der Waals surface area contributed by atoms with E-state index >= 15 is 0 Å². The lowest BCUT2D eigenvalue weighted by Crippen LogP contribution is -2.18. The number of nitrogens with one attached hydrogen (secondary N) is 1. The maximum Gasteiger partial charge on any atom is 0.338 e. The molecular formula is C16H23NO2. The van der Waals surface area contributed by atoms with Crippen LogP contribution in [0.1, 0.15) is 48.0 Å². The van der Waals surface area contributed by atoms with Crippen LogP contribution in [0.2, 0.25) is 0 Å². The Labute approximate surface area is 115 Å². The number of ether oxygens (including phenoxy) is 1. The van der Waals surface area contributed by atoms with Crippen molar-refractivity contribution in [1.82, 2.24) is 0 Å². The van der Waals surface area contributed by atoms with E-state index in [1.165, 1.54) is 39.2 Å². The van der Waals surface area contributed by atoms with Crippen LogP contribution in [0.15, 0.2) is 18.2 Å². The third-order valence-corrected chi connectivity index (χ3v) is 4.05. The zero-order chi connectivity index (χ0) is 13.7. The fourth-order valence-electron chi connectivity index (χ4n) is 2.80. The molecule has 1 aliphatic rings. The van der Waals surface area contributed by atoms with Crippen LogP contribution in [-0.4, -0.2) is 19.6 Å². The number of hydrogen-bond acceptors (Lipinski definition) is 3. The summed E-state index contributed by atoms with van der Waals surface area (Å²) < 4.78 is 4.80. The molecule has 3 nitrogen and oxygen atoms in total. The molecule has 0 atom stereocenters. The molecule has 104 valence electrons. The number of anilines is 1. The first kappa shape index (κ1) is 13.9. The summed E-state index contributed by atoms with van der Waals surface area (Å²) in [5, 5.41) is 3.49. The molecule has 0 amide bonds. The third-order valence-electron chi connectivity index (χ3n) is 4.05. The number of carbonyl (C=O) groups excluding carboxylic acids is 1. The maximum absolute atomic E-state index is 11.6. The molecule has 19 heavy (non-hydrogen) atoms. The summed E-state index contributed by atoms with van der Waals surface area (Å²) in [7, 11) is 1.42. The Bertz CT molecular complexity index is 436. The monoisotopic (exact) mass is 261 g/mol. The van der Waals surface area contributed by atoms with Gasteiger partial charge in [-0.2, -0.15) is 0 Å². The van der Waals surface area contributed by atoms with E-state index in [1.807, 2.05) is 25.1 Å². The van der Waals surface area contributed by atoms with Gasteiger partial charge in [-0.25, -0.2) is 4.79 Å². The van der Waals surface area contributed by atoms with E-state index in [-0.39, 0.29) is 5.97 Å². The van der Waals surface area contributed by atoms with Gasteiger partial charge in [-0.1, -0.05) is 25.3 Å². The summed E-state index contributed by atoms with van der Waals surface area (Å²) >= 11 is 0. The quantitative estimate of drug-likeness (QED) is 0.838. The second-order valence-corrected chi connectivity index (χ2v) is 5.35. The fourth-order valence-corrected chi connectivity index (χ4v) is 2.80. The highest BCUT2D eigenvalue weighted by molar-refractivity contribution is 5.92. The summed E-state index contributed by atoms with van der Waals surface area (Å²) in [5.74, 6) is 0.508. The zero-order valence-electron chi connectivity index (χ0n) is 11.9. The standard InChI is InChI=1S/C16H23NO2/c1-12-14(16(18)19-2)9-6-10-15(12)17-11-13-7-4-3-5-8-13/h6,9-10,13,17H,3-5,7-8,11H2,1-2H3. The molecule has 0 aliphatic heterocycles. The SMILES string of the molecule is COC(=O)c1cccc(NCC2CCCCC2)c1C. The predicted molar refractivity (Wildman–Crippen MR) is 77.6 cm³/mol. The summed E-state index contributed by atoms with van der Waals surface area (Å²) in [5.41, 5.74) is 2.68. The topological polar surface area (TPSA) is 38.3 Å². The molecule has 0 spiro atoms. The van der Waals surface area contributed by atoms with Gasteiger partial charge in [0.25, 0.3) is 0 Å². The number of methoxy groups -OCH3 is 1. The second kappa shape index (κ2) is 6.60. The van der Waals surface area contributed by atoms with Gasteiger partial charge >= 0.3 is 5.97 Å². The van der Waals surface area contributed by atoms with E-state index in [2.05, 4.69) is 5.32 Å². The minimum Gasteiger partial charge on any atom is -0.465 e. The number of carbonyl (C=O) groups is 1. The van der Waals surface area contributed by atoms with Crippen molar-refractivity contribution >= 4 is 11.7 Å². The van der Waals surface area contributed by atoms with Gasteiger partial charge in [0.15, 0.2) is 0 Å². The van der Waals surface area contributed by atoms with E-state index in [9.17, 15) is 4.79 Å². The van der Waals surface area contributed by atoms with Gasteiger partial charge in [-0.05, 0) is 43.4 Å². The van der Waals surface area contributed by atoms with Crippen LogP contribution >= 0.6 is 0 Å². The molecule has 0 bridgehead atoms. The number of rotatable bonds is 4. The summed E-state index contributed by atoms with van der Waals surface area (Å²) in [6.45, 7) is 2.97. The van der Waals surface area contributed by atoms with Crippen LogP contribution in [0.25, 0.3) is 0 Å². The number of esters is 1. The summed E-state index contributed by atoms with van der Waals surface area (Å²) in [6.07, 6.45) is 6.74. The van der Waals surface area contributed by atoms with Crippen molar-refractivity contribution in [3.05, 3.63) is 29.3 Å². The van der Waals surface area contributed by atoms with Crippen molar-refractivity contribution in [2.24, 2.45) is 5.92 Å². The van der Waals surface area contributed by atoms with Crippen molar-refractivity contribution < 1.29 is 9.53 Å². The van der Waals surface area contributed by atoms with Crippen LogP contribution in [0.5, 0.6) is 0 Å². The zero-order valence-corrected chi connectivity index (χ0v) is 11.9.